The van der Waals surface area contributed by atoms with Crippen LogP contribution in [0.5, 0.6) is 0 Å². The zero-order valence-electron chi connectivity index (χ0n) is 22.3. The van der Waals surface area contributed by atoms with Crippen LogP contribution in [-0.2, 0) is 0 Å². The van der Waals surface area contributed by atoms with Gasteiger partial charge in [-0.05, 0) is 80.2 Å². The van der Waals surface area contributed by atoms with Crippen molar-refractivity contribution in [3.05, 3.63) is 126 Å². The molecular weight excluding hydrogens is 895 g/mol. The molecule has 0 aliphatic carbocycles. The van der Waals surface area contributed by atoms with Crippen LogP contribution in [0.2, 0.25) is 0 Å². The topological polar surface area (TPSA) is 110 Å². The molecule has 0 unspecified atom stereocenters. The first-order valence-corrected chi connectivity index (χ1v) is 17.0. The van der Waals surface area contributed by atoms with Crippen molar-refractivity contribution in [1.29, 1.82) is 0 Å². The van der Waals surface area contributed by atoms with E-state index < -0.39 is 12.0 Å². The van der Waals surface area contributed by atoms with E-state index >= 15 is 0 Å². The van der Waals surface area contributed by atoms with E-state index in [1.807, 2.05) is 70.2 Å². The van der Waals surface area contributed by atoms with E-state index in [4.69, 9.17) is 18.9 Å². The highest BCUT2D eigenvalue weighted by atomic mass is 127. The number of halogens is 4. The molecule has 0 radical (unpaired) electrons. The maximum atomic E-state index is 10.4. The maximum Gasteiger partial charge on any atom is 0.492 e. The Bertz CT molecular complexity index is 1770. The average Bonchev–Trinajstić information content (AvgIpc) is 3.61. The lowest BCUT2D eigenvalue weighted by Gasteiger charge is -2.06. The van der Waals surface area contributed by atoms with E-state index in [1.54, 1.807) is 24.3 Å². The van der Waals surface area contributed by atoms with Gasteiger partial charge < -0.3 is 18.9 Å². The number of rotatable bonds is 3. The van der Waals surface area contributed by atoms with Crippen molar-refractivity contribution in [3.63, 3.8) is 0 Å². The third-order valence-corrected chi connectivity index (χ3v) is 9.09. The van der Waals surface area contributed by atoms with Gasteiger partial charge in [-0.1, -0.05) is 93.1 Å². The molecule has 4 aromatic carbocycles. The van der Waals surface area contributed by atoms with Crippen molar-refractivity contribution in [3.8, 4) is 11.1 Å². The van der Waals surface area contributed by atoms with Gasteiger partial charge in [0, 0.05) is 42.4 Å². The van der Waals surface area contributed by atoms with Crippen LogP contribution in [0.15, 0.2) is 115 Å². The summed E-state index contributed by atoms with van der Waals surface area (Å²) in [4.78, 5) is 11.9. The molecular formula is C30H24BBr2I2NO6. The second-order valence-corrected chi connectivity index (χ2v) is 11.3. The summed E-state index contributed by atoms with van der Waals surface area (Å²) < 4.78 is 13.2. The van der Waals surface area contributed by atoms with Crippen molar-refractivity contribution in [2.45, 2.75) is 6.92 Å². The summed E-state index contributed by atoms with van der Waals surface area (Å²) in [5, 5.41) is 30.1. The highest BCUT2D eigenvalue weighted by molar-refractivity contribution is 14.1. The van der Waals surface area contributed by atoms with Crippen LogP contribution in [-0.4, -0.2) is 27.0 Å². The predicted octanol–water partition coefficient (Wildman–Crippen LogP) is 9.30. The minimum atomic E-state index is -1.46. The third-order valence-electron chi connectivity index (χ3n) is 5.89. The number of nitro benzene ring substituents is 1. The summed E-state index contributed by atoms with van der Waals surface area (Å²) in [6, 6.07) is 26.4. The second-order valence-electron chi connectivity index (χ2n) is 8.47. The standard InChI is InChI=1S/C15H11BrO.C8H7BO3.C6H3BrINO2.CH3I/c1-10-5-4-7-13(16)15(10)12-9-17-14-8-3-2-6-11(12)14;10-9(11)7-5-12-8-4-2-1-3-6(7)8;7-4-2-1-3-5(6(4)8)9(10)11;1-2/h2-9H,1H3;1-5,10-11H;1-3H;1H3. The number of nitro groups is 1. The quantitative estimate of drug-likeness (QED) is 0.0603. The molecule has 0 spiro atoms. The molecule has 216 valence electrons. The molecule has 0 saturated carbocycles. The SMILES string of the molecule is CI.Cc1cccc(Br)c1-c1coc2ccccc12.O=[N+]([O-])c1cccc(Br)c1I.OB(O)c1coc2ccccc12. The van der Waals surface area contributed by atoms with E-state index in [0.717, 1.165) is 30.9 Å². The highest BCUT2D eigenvalue weighted by Gasteiger charge is 2.17. The van der Waals surface area contributed by atoms with E-state index in [-0.39, 0.29) is 5.69 Å². The van der Waals surface area contributed by atoms with Gasteiger partial charge >= 0.3 is 7.12 Å². The van der Waals surface area contributed by atoms with Gasteiger partial charge in [-0.15, -0.1) is 0 Å². The van der Waals surface area contributed by atoms with Crippen molar-refractivity contribution in [1.82, 2.24) is 0 Å². The van der Waals surface area contributed by atoms with Crippen molar-refractivity contribution >= 4 is 117 Å². The number of benzene rings is 4. The summed E-state index contributed by atoms with van der Waals surface area (Å²) in [6.45, 7) is 2.11. The Morgan fingerprint density at radius 2 is 1.33 bits per heavy atom. The van der Waals surface area contributed by atoms with Gasteiger partial charge in [-0.3, -0.25) is 10.1 Å². The molecule has 2 heterocycles. The molecule has 0 saturated heterocycles. The number of fused-ring (bicyclic) bond motifs is 2. The number of nitrogens with zero attached hydrogens (tertiary/aromatic N) is 1. The summed E-state index contributed by atoms with van der Waals surface area (Å²) in [5.74, 6) is 0. The summed E-state index contributed by atoms with van der Waals surface area (Å²) in [6.07, 6.45) is 3.19. The van der Waals surface area contributed by atoms with E-state index in [0.29, 0.717) is 14.6 Å². The van der Waals surface area contributed by atoms with Gasteiger partial charge in [0.05, 0.1) is 17.4 Å². The lowest BCUT2D eigenvalue weighted by molar-refractivity contribution is -0.385. The summed E-state index contributed by atoms with van der Waals surface area (Å²) in [7, 11) is -1.46. The van der Waals surface area contributed by atoms with Crippen LogP contribution in [0.25, 0.3) is 33.1 Å². The Balaban J connectivity index is 0.000000173. The average molecular weight is 919 g/mol. The Labute approximate surface area is 287 Å². The predicted molar refractivity (Wildman–Crippen MR) is 194 cm³/mol. The van der Waals surface area contributed by atoms with E-state index in [2.05, 4.69) is 79.6 Å². The molecule has 0 aliphatic rings. The molecule has 42 heavy (non-hydrogen) atoms. The minimum absolute atomic E-state index is 0.139. The molecule has 7 nitrogen and oxygen atoms in total. The fourth-order valence-corrected chi connectivity index (χ4v) is 5.57. The number of para-hydroxylation sites is 2. The Hall–Kier alpha value is -2.24. The van der Waals surface area contributed by atoms with Crippen LogP contribution >= 0.6 is 77.0 Å². The van der Waals surface area contributed by atoms with Crippen LogP contribution in [0.1, 0.15) is 5.56 Å². The fourth-order valence-electron chi connectivity index (χ4n) is 3.98. The van der Waals surface area contributed by atoms with Crippen LogP contribution in [0.4, 0.5) is 5.69 Å². The van der Waals surface area contributed by atoms with Crippen molar-refractivity contribution in [2.75, 3.05) is 4.93 Å². The normalized spacial score (nSPS) is 10.1. The van der Waals surface area contributed by atoms with Crippen molar-refractivity contribution < 1.29 is 23.8 Å². The van der Waals surface area contributed by atoms with Gasteiger partial charge in [-0.2, -0.15) is 0 Å². The molecule has 12 heteroatoms. The third kappa shape index (κ3) is 8.44. The molecule has 0 amide bonds. The first kappa shape index (κ1) is 34.3. The van der Waals surface area contributed by atoms with Crippen LogP contribution in [0, 0.1) is 20.6 Å². The lowest BCUT2D eigenvalue weighted by atomic mass is 9.80. The molecule has 2 N–H and O–H groups in total. The number of aryl methyl sites for hydroxylation is 1. The lowest BCUT2D eigenvalue weighted by Crippen LogP contribution is -2.28. The van der Waals surface area contributed by atoms with Crippen LogP contribution in [0.3, 0.4) is 0 Å². The van der Waals surface area contributed by atoms with E-state index in [9.17, 15) is 10.1 Å². The monoisotopic (exact) mass is 917 g/mol. The summed E-state index contributed by atoms with van der Waals surface area (Å²) >= 11 is 10.9. The summed E-state index contributed by atoms with van der Waals surface area (Å²) in [5.41, 5.74) is 5.73. The zero-order valence-corrected chi connectivity index (χ0v) is 29.8. The number of hydrogen-bond acceptors (Lipinski definition) is 6. The van der Waals surface area contributed by atoms with E-state index in [1.165, 1.54) is 23.5 Å². The number of furan rings is 2. The highest BCUT2D eigenvalue weighted by Crippen LogP contribution is 2.37. The molecule has 6 aromatic rings. The van der Waals surface area contributed by atoms with Gasteiger partial charge in [0.2, 0.25) is 0 Å². The Morgan fingerprint density at radius 3 is 1.93 bits per heavy atom. The molecule has 0 aliphatic heterocycles. The van der Waals surface area contributed by atoms with Gasteiger partial charge in [0.1, 0.15) is 14.7 Å². The smallest absolute Gasteiger partial charge is 0.465 e. The first-order valence-electron chi connectivity index (χ1n) is 12.2. The van der Waals surface area contributed by atoms with Gasteiger partial charge in [0.15, 0.2) is 0 Å². The fraction of sp³-hybridized carbons (Fsp3) is 0.0667. The zero-order chi connectivity index (χ0) is 30.8. The largest absolute Gasteiger partial charge is 0.492 e. The molecule has 0 bridgehead atoms. The van der Waals surface area contributed by atoms with Crippen LogP contribution < -0.4 is 5.46 Å². The van der Waals surface area contributed by atoms with Gasteiger partial charge in [0.25, 0.3) is 5.69 Å². The Kier molecular flexibility index (Phi) is 13.5. The first-order chi connectivity index (χ1) is 20.2. The van der Waals surface area contributed by atoms with Crippen molar-refractivity contribution in [2.24, 2.45) is 0 Å². The van der Waals surface area contributed by atoms with Gasteiger partial charge in [-0.25, -0.2) is 0 Å². The molecule has 0 atom stereocenters. The number of hydrogen-bond donors (Lipinski definition) is 2. The second kappa shape index (κ2) is 16.6. The Morgan fingerprint density at radius 1 is 0.786 bits per heavy atom. The maximum absolute atomic E-state index is 10.4. The molecule has 2 aromatic heterocycles. The molecule has 6 rings (SSSR count). The molecule has 0 fully saturated rings. The minimum Gasteiger partial charge on any atom is -0.465 e. The number of alkyl halides is 1.